The van der Waals surface area contributed by atoms with Crippen LogP contribution in [0.1, 0.15) is 19.4 Å². The molecule has 2 amide bonds. The average molecular weight is 443 g/mol. The number of rotatable bonds is 7. The third-order valence-electron chi connectivity index (χ3n) is 4.00. The molecule has 0 bridgehead atoms. The molecule has 0 saturated carbocycles. The van der Waals surface area contributed by atoms with Crippen LogP contribution in [0.3, 0.4) is 0 Å². The van der Waals surface area contributed by atoms with E-state index in [0.29, 0.717) is 17.8 Å². The Morgan fingerprint density at radius 2 is 1.68 bits per heavy atom. The highest BCUT2D eigenvalue weighted by atomic mass is 19.4. The summed E-state index contributed by atoms with van der Waals surface area (Å²) in [5.74, 6) is -1.05. The number of carbonyl (C=O) groups is 2. The zero-order valence-electron chi connectivity index (χ0n) is 16.4. The van der Waals surface area contributed by atoms with Gasteiger partial charge in [0, 0.05) is 24.4 Å². The van der Waals surface area contributed by atoms with E-state index >= 15 is 0 Å². The summed E-state index contributed by atoms with van der Waals surface area (Å²) in [7, 11) is 0. The van der Waals surface area contributed by atoms with Crippen molar-refractivity contribution >= 4 is 28.9 Å². The number of halogens is 3. The van der Waals surface area contributed by atoms with Gasteiger partial charge >= 0.3 is 6.18 Å². The summed E-state index contributed by atoms with van der Waals surface area (Å²) in [6.45, 7) is 1.91. The lowest BCUT2D eigenvalue weighted by molar-refractivity contribution is -0.991. The van der Waals surface area contributed by atoms with Crippen molar-refractivity contribution < 1.29 is 43.0 Å². The molecule has 5 N–H and O–H groups in total. The lowest BCUT2D eigenvalue weighted by atomic mass is 10.1. The normalized spacial score (nSPS) is 14.3. The average Bonchev–Trinajstić information content (AvgIpc) is 2.66. The van der Waals surface area contributed by atoms with Crippen LogP contribution >= 0.6 is 0 Å². The molecular formula is C19H20F3N3O6. The molecule has 31 heavy (non-hydrogen) atoms. The standard InChI is InChI=1S/C19H20F3N3O6/c1-11(26)23-12-3-6-14(7-4-12)31-10-18(2,28)17(27)24-13-5-8-16(25(29)30)15(9-13)19(20,21)22/h3-9,25,28-29H,10H2,1-2H3,(H,23,26)(H,24,27)/t18-/m0/s1. The van der Waals surface area contributed by atoms with Crippen LogP contribution in [0.15, 0.2) is 42.5 Å². The van der Waals surface area contributed by atoms with E-state index in [-0.39, 0.29) is 17.3 Å². The molecule has 2 aromatic rings. The Bertz CT molecular complexity index is 946. The third-order valence-corrected chi connectivity index (χ3v) is 4.00. The number of carbonyl (C=O) groups excluding carboxylic acids is 2. The van der Waals surface area contributed by atoms with E-state index in [1.807, 2.05) is 0 Å². The fourth-order valence-corrected chi connectivity index (χ4v) is 2.44. The van der Waals surface area contributed by atoms with Gasteiger partial charge in [0.2, 0.25) is 5.91 Å². The highest BCUT2D eigenvalue weighted by Crippen LogP contribution is 2.35. The van der Waals surface area contributed by atoms with Crippen molar-refractivity contribution in [2.75, 3.05) is 17.2 Å². The summed E-state index contributed by atoms with van der Waals surface area (Å²) in [6.07, 6.45) is -4.95. The topological polar surface area (TPSA) is 135 Å². The molecule has 2 rings (SSSR count). The highest BCUT2D eigenvalue weighted by Gasteiger charge is 2.37. The third kappa shape index (κ3) is 6.65. The zero-order chi connectivity index (χ0) is 23.4. The first-order chi connectivity index (χ1) is 14.3. The van der Waals surface area contributed by atoms with Gasteiger partial charge in [0.05, 0.1) is 0 Å². The molecule has 1 unspecified atom stereocenters. The second-order valence-corrected chi connectivity index (χ2v) is 6.79. The van der Waals surface area contributed by atoms with Crippen molar-refractivity contribution in [1.82, 2.24) is 0 Å². The Morgan fingerprint density at radius 1 is 1.10 bits per heavy atom. The van der Waals surface area contributed by atoms with Gasteiger partial charge in [0.25, 0.3) is 5.91 Å². The van der Waals surface area contributed by atoms with Crippen LogP contribution in [-0.4, -0.2) is 34.3 Å². The fourth-order valence-electron chi connectivity index (χ4n) is 2.44. The fraction of sp³-hybridized carbons (Fsp3) is 0.263. The minimum atomic E-state index is -4.95. The van der Waals surface area contributed by atoms with E-state index in [2.05, 4.69) is 10.6 Å². The maximum Gasteiger partial charge on any atom is 0.422 e. The van der Waals surface area contributed by atoms with Crippen molar-refractivity contribution in [2.24, 2.45) is 0 Å². The number of quaternary nitrogens is 1. The van der Waals surface area contributed by atoms with E-state index < -0.39 is 40.8 Å². The van der Waals surface area contributed by atoms with Crippen LogP contribution in [-0.2, 0) is 15.8 Å². The van der Waals surface area contributed by atoms with Gasteiger partial charge in [-0.2, -0.15) is 18.4 Å². The van der Waals surface area contributed by atoms with Crippen molar-refractivity contribution in [3.63, 3.8) is 0 Å². The van der Waals surface area contributed by atoms with Crippen LogP contribution in [0.5, 0.6) is 5.75 Å². The number of alkyl halides is 3. The Balaban J connectivity index is 2.07. The second-order valence-electron chi connectivity index (χ2n) is 6.79. The molecule has 0 aliphatic carbocycles. The Morgan fingerprint density at radius 3 is 2.19 bits per heavy atom. The highest BCUT2D eigenvalue weighted by molar-refractivity contribution is 5.97. The Kier molecular flexibility index (Phi) is 7.23. The van der Waals surface area contributed by atoms with Gasteiger partial charge < -0.3 is 25.7 Å². The first kappa shape index (κ1) is 24.1. The molecule has 0 aliphatic heterocycles. The van der Waals surface area contributed by atoms with Crippen LogP contribution < -0.4 is 20.6 Å². The van der Waals surface area contributed by atoms with Crippen LogP contribution in [0.4, 0.5) is 30.2 Å². The van der Waals surface area contributed by atoms with Crippen molar-refractivity contribution in [1.29, 1.82) is 0 Å². The van der Waals surface area contributed by atoms with Gasteiger partial charge in [-0.1, -0.05) is 0 Å². The van der Waals surface area contributed by atoms with E-state index in [4.69, 9.17) is 9.94 Å². The summed E-state index contributed by atoms with van der Waals surface area (Å²) >= 11 is 0. The quantitative estimate of drug-likeness (QED) is 0.415. The largest absolute Gasteiger partial charge is 0.595 e. The molecule has 168 valence electrons. The second kappa shape index (κ2) is 9.31. The first-order valence-electron chi connectivity index (χ1n) is 8.78. The molecular weight excluding hydrogens is 423 g/mol. The molecule has 0 spiro atoms. The molecule has 0 aliphatic rings. The summed E-state index contributed by atoms with van der Waals surface area (Å²) in [5.41, 5.74) is -4.37. The SMILES string of the molecule is CC(=O)Nc1ccc(OC[C@](C)(O)C(=O)Nc2ccc([NH+]([O-])O)c(C(F)(F)F)c2)cc1. The number of benzene rings is 2. The Labute approximate surface area is 174 Å². The minimum Gasteiger partial charge on any atom is -0.595 e. The number of amides is 2. The van der Waals surface area contributed by atoms with E-state index in [1.165, 1.54) is 31.2 Å². The molecule has 9 nitrogen and oxygen atoms in total. The first-order valence-corrected chi connectivity index (χ1v) is 8.78. The van der Waals surface area contributed by atoms with Crippen LogP contribution in [0, 0.1) is 5.21 Å². The number of nitrogens with one attached hydrogen (secondary N) is 3. The lowest BCUT2D eigenvalue weighted by Gasteiger charge is -2.23. The predicted molar refractivity (Wildman–Crippen MR) is 103 cm³/mol. The van der Waals surface area contributed by atoms with E-state index in [0.717, 1.165) is 13.0 Å². The van der Waals surface area contributed by atoms with Crippen molar-refractivity contribution in [3.8, 4) is 5.75 Å². The minimum absolute atomic E-state index is 0.265. The molecule has 0 saturated heterocycles. The number of ether oxygens (including phenoxy) is 1. The summed E-state index contributed by atoms with van der Waals surface area (Å²) in [4.78, 5) is 23.3. The van der Waals surface area contributed by atoms with Gasteiger partial charge in [-0.15, -0.1) is 0 Å². The molecule has 2 aromatic carbocycles. The lowest BCUT2D eigenvalue weighted by Crippen LogP contribution is -2.99. The van der Waals surface area contributed by atoms with Gasteiger partial charge in [0.15, 0.2) is 11.3 Å². The van der Waals surface area contributed by atoms with Crippen LogP contribution in [0.2, 0.25) is 0 Å². The van der Waals surface area contributed by atoms with Gasteiger partial charge in [-0.3, -0.25) is 9.59 Å². The number of anilines is 2. The Hall–Kier alpha value is -3.19. The van der Waals surface area contributed by atoms with E-state index in [1.54, 1.807) is 0 Å². The smallest absolute Gasteiger partial charge is 0.422 e. The molecule has 0 aromatic heterocycles. The van der Waals surface area contributed by atoms with Gasteiger partial charge in [-0.25, -0.2) is 5.21 Å². The maximum absolute atomic E-state index is 13.1. The molecule has 2 atom stereocenters. The van der Waals surface area contributed by atoms with Gasteiger partial charge in [0.1, 0.15) is 17.9 Å². The molecule has 0 fully saturated rings. The molecule has 0 heterocycles. The van der Waals surface area contributed by atoms with E-state index in [9.17, 15) is 33.1 Å². The number of hydrogen-bond donors (Lipinski definition) is 5. The maximum atomic E-state index is 13.1. The summed E-state index contributed by atoms with van der Waals surface area (Å²) < 4.78 is 44.6. The molecule has 12 heteroatoms. The number of hydrogen-bond acceptors (Lipinski definition) is 6. The van der Waals surface area contributed by atoms with Crippen molar-refractivity contribution in [2.45, 2.75) is 25.6 Å². The zero-order valence-corrected chi connectivity index (χ0v) is 16.4. The van der Waals surface area contributed by atoms with Gasteiger partial charge in [-0.05, 0) is 43.3 Å². The predicted octanol–water partition coefficient (Wildman–Crippen LogP) is 1.84. The molecule has 0 radical (unpaired) electrons. The van der Waals surface area contributed by atoms with Crippen LogP contribution in [0.25, 0.3) is 0 Å². The van der Waals surface area contributed by atoms with Crippen molar-refractivity contribution in [3.05, 3.63) is 53.2 Å². The monoisotopic (exact) mass is 443 g/mol. The summed E-state index contributed by atoms with van der Waals surface area (Å²) in [5, 5.41) is 33.1. The summed E-state index contributed by atoms with van der Waals surface area (Å²) in [6, 6.07) is 8.21. The number of aliphatic hydroxyl groups is 1.